The number of nitro benzene ring substituents is 1. The fourth-order valence-electron chi connectivity index (χ4n) is 2.67. The number of hydrogen-bond acceptors (Lipinski definition) is 9. The molecule has 1 aliphatic rings. The number of ether oxygens (including phenoxy) is 1. The highest BCUT2D eigenvalue weighted by molar-refractivity contribution is 7.89. The van der Waals surface area contributed by atoms with E-state index in [0.717, 1.165) is 12.1 Å². The molecule has 11 nitrogen and oxygen atoms in total. The molecule has 1 aliphatic heterocycles. The number of nitrogens with zero attached hydrogens (tertiary/aromatic N) is 3. The first kappa shape index (κ1) is 20.5. The highest BCUT2D eigenvalue weighted by atomic mass is 32.2. The third kappa shape index (κ3) is 4.62. The number of anilines is 1. The van der Waals surface area contributed by atoms with Gasteiger partial charge < -0.3 is 14.9 Å². The summed E-state index contributed by atoms with van der Waals surface area (Å²) >= 11 is 0. The number of benzene rings is 2. The quantitative estimate of drug-likeness (QED) is 0.359. The largest absolute Gasteiger partial charge is 0.508 e. The third-order valence-corrected chi connectivity index (χ3v) is 6.07. The van der Waals surface area contributed by atoms with Crippen LogP contribution in [0.5, 0.6) is 11.5 Å². The van der Waals surface area contributed by atoms with Gasteiger partial charge >= 0.3 is 0 Å². The van der Waals surface area contributed by atoms with Crippen LogP contribution in [0.3, 0.4) is 0 Å². The summed E-state index contributed by atoms with van der Waals surface area (Å²) in [5.41, 5.74) is 2.25. The van der Waals surface area contributed by atoms with E-state index >= 15 is 0 Å². The first-order valence-electron chi connectivity index (χ1n) is 8.46. The van der Waals surface area contributed by atoms with Crippen LogP contribution >= 0.6 is 0 Å². The van der Waals surface area contributed by atoms with Crippen molar-refractivity contribution >= 4 is 27.6 Å². The second-order valence-corrected chi connectivity index (χ2v) is 8.00. The van der Waals surface area contributed by atoms with Gasteiger partial charge in [0, 0.05) is 30.8 Å². The zero-order valence-corrected chi connectivity index (χ0v) is 15.9. The van der Waals surface area contributed by atoms with Crippen LogP contribution < -0.4 is 5.43 Å². The topological polar surface area (TPSA) is 155 Å². The van der Waals surface area contributed by atoms with Gasteiger partial charge in [0.2, 0.25) is 10.0 Å². The maximum atomic E-state index is 12.7. The molecule has 0 saturated carbocycles. The number of phenols is 2. The van der Waals surface area contributed by atoms with Gasteiger partial charge in [0.05, 0.1) is 29.2 Å². The van der Waals surface area contributed by atoms with E-state index < -0.39 is 20.6 Å². The summed E-state index contributed by atoms with van der Waals surface area (Å²) in [6, 6.07) is 7.35. The summed E-state index contributed by atoms with van der Waals surface area (Å²) in [4.78, 5) is 10.5. The van der Waals surface area contributed by atoms with Gasteiger partial charge in [0.25, 0.3) is 5.69 Å². The fourth-order valence-corrected chi connectivity index (χ4v) is 4.09. The second kappa shape index (κ2) is 8.43. The molecule has 0 spiro atoms. The first-order chi connectivity index (χ1) is 13.8. The van der Waals surface area contributed by atoms with E-state index in [1.54, 1.807) is 0 Å². The number of sulfonamides is 1. The lowest BCUT2D eigenvalue weighted by atomic mass is 10.2. The SMILES string of the molecule is O=[N+]([O-])c1cc(S(=O)(=O)N2CCOCC2)ccc1N/N=C/c1ccc(O)cc1O. The van der Waals surface area contributed by atoms with Crippen LogP contribution in [0.25, 0.3) is 0 Å². The Labute approximate surface area is 166 Å². The summed E-state index contributed by atoms with van der Waals surface area (Å²) in [6.45, 7) is 0.882. The second-order valence-electron chi connectivity index (χ2n) is 6.07. The van der Waals surface area contributed by atoms with E-state index in [1.807, 2.05) is 0 Å². The van der Waals surface area contributed by atoms with Crippen LogP contribution in [0.15, 0.2) is 46.4 Å². The van der Waals surface area contributed by atoms with Crippen LogP contribution in [0.2, 0.25) is 0 Å². The predicted octanol–water partition coefficient (Wildman–Crippen LogP) is 1.47. The van der Waals surface area contributed by atoms with Gasteiger partial charge in [-0.3, -0.25) is 15.5 Å². The van der Waals surface area contributed by atoms with Crippen molar-refractivity contribution in [2.75, 3.05) is 31.7 Å². The highest BCUT2D eigenvalue weighted by Gasteiger charge is 2.28. The normalized spacial score (nSPS) is 15.4. The maximum absolute atomic E-state index is 12.7. The molecule has 2 aromatic carbocycles. The Kier molecular flexibility index (Phi) is 5.96. The lowest BCUT2D eigenvalue weighted by Gasteiger charge is -2.26. The van der Waals surface area contributed by atoms with Crippen molar-refractivity contribution in [2.45, 2.75) is 4.90 Å². The number of hydrazone groups is 1. The first-order valence-corrected chi connectivity index (χ1v) is 9.90. The smallest absolute Gasteiger partial charge is 0.295 e. The summed E-state index contributed by atoms with van der Waals surface area (Å²) in [7, 11) is -3.88. The van der Waals surface area contributed by atoms with E-state index in [9.17, 15) is 28.7 Å². The van der Waals surface area contributed by atoms with Crippen LogP contribution in [0, 0.1) is 10.1 Å². The average molecular weight is 422 g/mol. The van der Waals surface area contributed by atoms with E-state index in [0.29, 0.717) is 0 Å². The number of nitrogens with one attached hydrogen (secondary N) is 1. The van der Waals surface area contributed by atoms with Crippen molar-refractivity contribution in [3.8, 4) is 11.5 Å². The highest BCUT2D eigenvalue weighted by Crippen LogP contribution is 2.29. The molecule has 3 rings (SSSR count). The van der Waals surface area contributed by atoms with E-state index in [2.05, 4.69) is 10.5 Å². The van der Waals surface area contributed by atoms with Gasteiger partial charge in [-0.2, -0.15) is 9.41 Å². The zero-order chi connectivity index (χ0) is 21.0. The van der Waals surface area contributed by atoms with Crippen molar-refractivity contribution in [3.63, 3.8) is 0 Å². The van der Waals surface area contributed by atoms with Crippen molar-refractivity contribution in [1.29, 1.82) is 0 Å². The molecule has 1 saturated heterocycles. The van der Waals surface area contributed by atoms with Crippen LogP contribution in [0.1, 0.15) is 5.56 Å². The standard InChI is InChI=1S/C17H18N4O7S/c22-13-2-1-12(17(23)9-13)11-18-19-15-4-3-14(10-16(15)21(24)25)29(26,27)20-5-7-28-8-6-20/h1-4,9-11,19,22-23H,5-8H2/b18-11+. The molecular weight excluding hydrogens is 404 g/mol. The Bertz CT molecular complexity index is 1050. The van der Waals surface area contributed by atoms with Crippen molar-refractivity contribution in [3.05, 3.63) is 52.1 Å². The lowest BCUT2D eigenvalue weighted by Crippen LogP contribution is -2.40. The molecule has 154 valence electrons. The summed E-state index contributed by atoms with van der Waals surface area (Å²) in [5.74, 6) is -0.350. The minimum absolute atomic E-state index is 0.0227. The fraction of sp³-hybridized carbons (Fsp3) is 0.235. The average Bonchev–Trinajstić information content (AvgIpc) is 2.70. The molecule has 1 fully saturated rings. The Morgan fingerprint density at radius 1 is 1.17 bits per heavy atom. The molecular formula is C17H18N4O7S. The number of hydrogen-bond donors (Lipinski definition) is 3. The van der Waals surface area contributed by atoms with Gasteiger partial charge in [-0.15, -0.1) is 0 Å². The molecule has 2 aromatic rings. The molecule has 0 unspecified atom stereocenters. The van der Waals surface area contributed by atoms with E-state index in [1.165, 1.54) is 34.8 Å². The molecule has 12 heteroatoms. The molecule has 0 atom stereocenters. The molecule has 3 N–H and O–H groups in total. The minimum Gasteiger partial charge on any atom is -0.508 e. The van der Waals surface area contributed by atoms with Gasteiger partial charge in [-0.1, -0.05) is 0 Å². The van der Waals surface area contributed by atoms with Crippen LogP contribution in [-0.2, 0) is 14.8 Å². The monoisotopic (exact) mass is 422 g/mol. The molecule has 0 aromatic heterocycles. The van der Waals surface area contributed by atoms with Gasteiger partial charge in [-0.25, -0.2) is 8.42 Å². The number of nitro groups is 1. The summed E-state index contributed by atoms with van der Waals surface area (Å²) in [5, 5.41) is 34.2. The van der Waals surface area contributed by atoms with Crippen molar-refractivity contribution in [1.82, 2.24) is 4.31 Å². The van der Waals surface area contributed by atoms with Crippen LogP contribution in [0.4, 0.5) is 11.4 Å². The minimum atomic E-state index is -3.88. The molecule has 0 amide bonds. The Balaban J connectivity index is 1.84. The van der Waals surface area contributed by atoms with Crippen molar-refractivity contribution in [2.24, 2.45) is 5.10 Å². The third-order valence-electron chi connectivity index (χ3n) is 4.18. The molecule has 0 bridgehead atoms. The zero-order valence-electron chi connectivity index (χ0n) is 15.1. The Morgan fingerprint density at radius 2 is 1.90 bits per heavy atom. The number of rotatable bonds is 6. The number of aromatic hydroxyl groups is 2. The molecule has 29 heavy (non-hydrogen) atoms. The Morgan fingerprint density at radius 3 is 2.55 bits per heavy atom. The van der Waals surface area contributed by atoms with Gasteiger partial charge in [-0.05, 0) is 24.3 Å². The Hall–Kier alpha value is -3.22. The van der Waals surface area contributed by atoms with E-state index in [-0.39, 0.29) is 53.9 Å². The molecule has 0 aliphatic carbocycles. The molecule has 0 radical (unpaired) electrons. The lowest BCUT2D eigenvalue weighted by molar-refractivity contribution is -0.384. The number of morpholine rings is 1. The predicted molar refractivity (Wildman–Crippen MR) is 104 cm³/mol. The van der Waals surface area contributed by atoms with Crippen molar-refractivity contribution < 1.29 is 28.3 Å². The molecule has 1 heterocycles. The van der Waals surface area contributed by atoms with Gasteiger partial charge in [0.15, 0.2) is 0 Å². The maximum Gasteiger partial charge on any atom is 0.295 e. The summed E-state index contributed by atoms with van der Waals surface area (Å²) in [6.07, 6.45) is 1.21. The van der Waals surface area contributed by atoms with E-state index in [4.69, 9.17) is 4.74 Å². The number of phenolic OH excluding ortho intramolecular Hbond substituents is 2. The van der Waals surface area contributed by atoms with Gasteiger partial charge in [0.1, 0.15) is 17.2 Å². The summed E-state index contributed by atoms with van der Waals surface area (Å²) < 4.78 is 31.7. The van der Waals surface area contributed by atoms with Crippen LogP contribution in [-0.4, -0.2) is 60.4 Å².